The Kier molecular flexibility index (Phi) is 5.62. The number of benzene rings is 2. The quantitative estimate of drug-likeness (QED) is 0.678. The molecule has 1 aromatic heterocycles. The maximum absolute atomic E-state index is 12.9. The third-order valence-corrected chi connectivity index (χ3v) is 6.72. The molecule has 2 atom stereocenters. The number of carbonyl (C=O) groups excluding carboxylic acids is 2. The van der Waals surface area contributed by atoms with Crippen LogP contribution in [0, 0.1) is 0 Å². The van der Waals surface area contributed by atoms with Crippen LogP contribution >= 0.6 is 11.3 Å². The summed E-state index contributed by atoms with van der Waals surface area (Å²) in [6, 6.07) is 16.1. The second-order valence-electron chi connectivity index (χ2n) is 7.57. The van der Waals surface area contributed by atoms with Gasteiger partial charge in [-0.3, -0.25) is 9.59 Å². The molecule has 2 aromatic carbocycles. The molecule has 5 nitrogen and oxygen atoms in total. The Labute approximate surface area is 174 Å². The third-order valence-electron chi connectivity index (χ3n) is 5.63. The summed E-state index contributed by atoms with van der Waals surface area (Å²) >= 11 is 1.66. The standard InChI is InChI=1S/C23H25N3O2S/c1-3-21(27)24-17-12-13-18(14-17)26(2)23(28)16-10-8-15(9-11-16)22-25-19-6-4-5-7-20(19)29-22/h4-11,17-18H,3,12-14H2,1-2H3,(H,24,27)/t17-,18+/m0/s1. The van der Waals surface area contributed by atoms with Crippen molar-refractivity contribution in [2.45, 2.75) is 44.7 Å². The van der Waals surface area contributed by atoms with E-state index in [1.165, 1.54) is 0 Å². The Morgan fingerprint density at radius 1 is 1.14 bits per heavy atom. The summed E-state index contributed by atoms with van der Waals surface area (Å²) in [5, 5.41) is 4.01. The molecule has 3 aromatic rings. The van der Waals surface area contributed by atoms with E-state index in [9.17, 15) is 9.59 Å². The van der Waals surface area contributed by atoms with Gasteiger partial charge in [0.25, 0.3) is 5.91 Å². The van der Waals surface area contributed by atoms with E-state index in [0.29, 0.717) is 12.0 Å². The van der Waals surface area contributed by atoms with Crippen molar-refractivity contribution in [3.63, 3.8) is 0 Å². The minimum Gasteiger partial charge on any atom is -0.353 e. The zero-order chi connectivity index (χ0) is 20.4. The van der Waals surface area contributed by atoms with Gasteiger partial charge >= 0.3 is 0 Å². The van der Waals surface area contributed by atoms with Gasteiger partial charge in [0.1, 0.15) is 5.01 Å². The van der Waals surface area contributed by atoms with Crippen LogP contribution in [0.25, 0.3) is 20.8 Å². The Balaban J connectivity index is 1.43. The lowest BCUT2D eigenvalue weighted by atomic mass is 10.1. The van der Waals surface area contributed by atoms with Crippen LogP contribution in [0.1, 0.15) is 43.0 Å². The summed E-state index contributed by atoms with van der Waals surface area (Å²) in [5.74, 6) is 0.100. The molecule has 0 unspecified atom stereocenters. The smallest absolute Gasteiger partial charge is 0.253 e. The van der Waals surface area contributed by atoms with Crippen molar-refractivity contribution in [3.05, 3.63) is 54.1 Å². The molecule has 1 heterocycles. The van der Waals surface area contributed by atoms with Crippen LogP contribution in [-0.2, 0) is 4.79 Å². The number of rotatable bonds is 5. The number of aromatic nitrogens is 1. The lowest BCUT2D eigenvalue weighted by molar-refractivity contribution is -0.121. The molecular weight excluding hydrogens is 382 g/mol. The summed E-state index contributed by atoms with van der Waals surface area (Å²) in [6.07, 6.45) is 3.15. The van der Waals surface area contributed by atoms with E-state index in [1.807, 2.05) is 61.3 Å². The first-order valence-corrected chi connectivity index (χ1v) is 10.9. The summed E-state index contributed by atoms with van der Waals surface area (Å²) in [4.78, 5) is 31.0. The second-order valence-corrected chi connectivity index (χ2v) is 8.60. The highest BCUT2D eigenvalue weighted by Crippen LogP contribution is 2.30. The van der Waals surface area contributed by atoms with E-state index < -0.39 is 0 Å². The minimum absolute atomic E-state index is 0.0216. The Morgan fingerprint density at radius 2 is 1.90 bits per heavy atom. The molecule has 1 saturated carbocycles. The van der Waals surface area contributed by atoms with Gasteiger partial charge in [0.15, 0.2) is 0 Å². The Morgan fingerprint density at radius 3 is 2.62 bits per heavy atom. The monoisotopic (exact) mass is 407 g/mol. The van der Waals surface area contributed by atoms with Crippen LogP contribution in [0.5, 0.6) is 0 Å². The molecule has 0 radical (unpaired) electrons. The minimum atomic E-state index is 0.0216. The van der Waals surface area contributed by atoms with Crippen LogP contribution < -0.4 is 5.32 Å². The second kappa shape index (κ2) is 8.33. The van der Waals surface area contributed by atoms with Gasteiger partial charge in [-0.05, 0) is 43.5 Å². The molecule has 6 heteroatoms. The van der Waals surface area contributed by atoms with Gasteiger partial charge in [0.2, 0.25) is 5.91 Å². The van der Waals surface area contributed by atoms with Crippen LogP contribution in [-0.4, -0.2) is 40.8 Å². The zero-order valence-corrected chi connectivity index (χ0v) is 17.5. The van der Waals surface area contributed by atoms with E-state index in [1.54, 1.807) is 11.3 Å². The van der Waals surface area contributed by atoms with Crippen LogP contribution in [0.4, 0.5) is 0 Å². The molecule has 0 bridgehead atoms. The zero-order valence-electron chi connectivity index (χ0n) is 16.7. The number of nitrogens with one attached hydrogen (secondary N) is 1. The van der Waals surface area contributed by atoms with Crippen molar-refractivity contribution in [1.29, 1.82) is 0 Å². The number of nitrogens with zero attached hydrogens (tertiary/aromatic N) is 2. The Hall–Kier alpha value is -2.73. The van der Waals surface area contributed by atoms with Gasteiger partial charge < -0.3 is 10.2 Å². The van der Waals surface area contributed by atoms with Crippen molar-refractivity contribution in [2.24, 2.45) is 0 Å². The topological polar surface area (TPSA) is 62.3 Å². The highest BCUT2D eigenvalue weighted by Gasteiger charge is 2.30. The molecule has 4 rings (SSSR count). The maximum atomic E-state index is 12.9. The summed E-state index contributed by atoms with van der Waals surface area (Å²) in [6.45, 7) is 1.86. The molecule has 1 aliphatic rings. The van der Waals surface area contributed by atoms with E-state index in [0.717, 1.165) is 40.1 Å². The SMILES string of the molecule is CCC(=O)N[C@H]1CC[C@@H](N(C)C(=O)c2ccc(-c3nc4ccccc4s3)cc2)C1. The lowest BCUT2D eigenvalue weighted by Gasteiger charge is -2.25. The fourth-order valence-electron chi connectivity index (χ4n) is 3.89. The van der Waals surface area contributed by atoms with Crippen LogP contribution in [0.15, 0.2) is 48.5 Å². The van der Waals surface area contributed by atoms with Gasteiger partial charge in [-0.2, -0.15) is 0 Å². The first kappa shape index (κ1) is 19.6. The molecule has 2 amide bonds. The Bertz CT molecular complexity index is 995. The van der Waals surface area contributed by atoms with Crippen molar-refractivity contribution in [2.75, 3.05) is 7.05 Å². The molecule has 29 heavy (non-hydrogen) atoms. The normalized spacial score (nSPS) is 18.7. The van der Waals surface area contributed by atoms with Crippen molar-refractivity contribution in [3.8, 4) is 10.6 Å². The predicted molar refractivity (Wildman–Crippen MR) is 117 cm³/mol. The largest absolute Gasteiger partial charge is 0.353 e. The third kappa shape index (κ3) is 4.17. The molecule has 1 N–H and O–H groups in total. The molecular formula is C23H25N3O2S. The highest BCUT2D eigenvalue weighted by atomic mass is 32.1. The number of amides is 2. The molecule has 150 valence electrons. The van der Waals surface area contributed by atoms with E-state index in [-0.39, 0.29) is 23.9 Å². The molecule has 0 spiro atoms. The fourth-order valence-corrected chi connectivity index (χ4v) is 4.86. The number of hydrogen-bond acceptors (Lipinski definition) is 4. The maximum Gasteiger partial charge on any atom is 0.253 e. The predicted octanol–water partition coefficient (Wildman–Crippen LogP) is 4.48. The summed E-state index contributed by atoms with van der Waals surface area (Å²) in [5.41, 5.74) is 2.70. The van der Waals surface area contributed by atoms with Gasteiger partial charge in [0.05, 0.1) is 10.2 Å². The molecule has 1 fully saturated rings. The first-order chi connectivity index (χ1) is 14.0. The average molecular weight is 408 g/mol. The number of hydrogen-bond donors (Lipinski definition) is 1. The molecule has 1 aliphatic carbocycles. The number of carbonyl (C=O) groups is 2. The number of para-hydroxylation sites is 1. The number of thiazole rings is 1. The van der Waals surface area contributed by atoms with Crippen molar-refractivity contribution in [1.82, 2.24) is 15.2 Å². The van der Waals surface area contributed by atoms with Gasteiger partial charge in [-0.1, -0.05) is 31.2 Å². The van der Waals surface area contributed by atoms with E-state index >= 15 is 0 Å². The van der Waals surface area contributed by atoms with Crippen LogP contribution in [0.3, 0.4) is 0 Å². The van der Waals surface area contributed by atoms with Crippen molar-refractivity contribution >= 4 is 33.4 Å². The highest BCUT2D eigenvalue weighted by molar-refractivity contribution is 7.21. The van der Waals surface area contributed by atoms with E-state index in [2.05, 4.69) is 16.4 Å². The summed E-state index contributed by atoms with van der Waals surface area (Å²) in [7, 11) is 1.86. The van der Waals surface area contributed by atoms with Crippen molar-refractivity contribution < 1.29 is 9.59 Å². The van der Waals surface area contributed by atoms with Crippen LogP contribution in [0.2, 0.25) is 0 Å². The summed E-state index contributed by atoms with van der Waals surface area (Å²) < 4.78 is 1.16. The van der Waals surface area contributed by atoms with Gasteiger partial charge in [-0.15, -0.1) is 11.3 Å². The lowest BCUT2D eigenvalue weighted by Crippen LogP contribution is -2.38. The molecule has 0 aliphatic heterocycles. The first-order valence-electron chi connectivity index (χ1n) is 10.1. The molecule has 0 saturated heterocycles. The van der Waals surface area contributed by atoms with E-state index in [4.69, 9.17) is 0 Å². The average Bonchev–Trinajstić information content (AvgIpc) is 3.39. The number of fused-ring (bicyclic) bond motifs is 1. The van der Waals surface area contributed by atoms with Gasteiger partial charge in [0, 0.05) is 36.7 Å². The fraction of sp³-hybridized carbons (Fsp3) is 0.348. The van der Waals surface area contributed by atoms with Gasteiger partial charge in [-0.25, -0.2) is 4.98 Å².